The predicted molar refractivity (Wildman–Crippen MR) is 99.4 cm³/mol. The van der Waals surface area contributed by atoms with Gasteiger partial charge in [0.15, 0.2) is 0 Å². The van der Waals surface area contributed by atoms with Crippen LogP contribution in [0.1, 0.15) is 24.0 Å². The van der Waals surface area contributed by atoms with E-state index in [1.54, 1.807) is 17.2 Å². The van der Waals surface area contributed by atoms with Gasteiger partial charge in [-0.25, -0.2) is 4.98 Å². The summed E-state index contributed by atoms with van der Waals surface area (Å²) in [6.45, 7) is 5.13. The van der Waals surface area contributed by atoms with E-state index in [2.05, 4.69) is 39.0 Å². The summed E-state index contributed by atoms with van der Waals surface area (Å²) in [6.07, 6.45) is 5.08. The van der Waals surface area contributed by atoms with E-state index in [9.17, 15) is 4.39 Å². The molecule has 1 aliphatic carbocycles. The smallest absolute Gasteiger partial charge is 0.214 e. The number of hydrogen-bond donors (Lipinski definition) is 0. The van der Waals surface area contributed by atoms with Gasteiger partial charge in [-0.15, -0.1) is 0 Å². The fourth-order valence-electron chi connectivity index (χ4n) is 4.16. The second kappa shape index (κ2) is 7.52. The zero-order valence-electron chi connectivity index (χ0n) is 14.7. The van der Waals surface area contributed by atoms with Gasteiger partial charge in [-0.05, 0) is 61.4 Å². The molecule has 0 saturated carbocycles. The Bertz CT molecular complexity index is 710. The van der Waals surface area contributed by atoms with Crippen molar-refractivity contribution in [2.24, 2.45) is 5.92 Å². The number of rotatable bonds is 4. The maximum Gasteiger partial charge on any atom is 0.214 e. The Morgan fingerprint density at radius 2 is 1.76 bits per heavy atom. The number of aromatic nitrogens is 1. The van der Waals surface area contributed by atoms with Crippen molar-refractivity contribution in [3.05, 3.63) is 59.5 Å². The molecule has 3 nitrogen and oxygen atoms in total. The van der Waals surface area contributed by atoms with Gasteiger partial charge in [-0.3, -0.25) is 4.90 Å². The maximum atomic E-state index is 13.3. The van der Waals surface area contributed by atoms with Gasteiger partial charge in [0.25, 0.3) is 0 Å². The average molecular weight is 339 g/mol. The van der Waals surface area contributed by atoms with Crippen LogP contribution >= 0.6 is 0 Å². The summed E-state index contributed by atoms with van der Waals surface area (Å²) < 4.78 is 13.3. The maximum absolute atomic E-state index is 13.3. The van der Waals surface area contributed by atoms with Crippen LogP contribution in [0.5, 0.6) is 0 Å². The first-order valence-electron chi connectivity index (χ1n) is 9.44. The summed E-state index contributed by atoms with van der Waals surface area (Å²) in [6, 6.07) is 14.0. The molecule has 2 aliphatic rings. The van der Waals surface area contributed by atoms with Crippen molar-refractivity contribution < 1.29 is 4.39 Å². The molecular weight excluding hydrogens is 313 g/mol. The third-order valence-electron chi connectivity index (χ3n) is 5.70. The van der Waals surface area contributed by atoms with Gasteiger partial charge in [0, 0.05) is 26.2 Å². The lowest BCUT2D eigenvalue weighted by Gasteiger charge is -2.36. The first-order chi connectivity index (χ1) is 12.3. The average Bonchev–Trinajstić information content (AvgIpc) is 2.66. The molecule has 25 heavy (non-hydrogen) atoms. The Balaban J connectivity index is 1.24. The summed E-state index contributed by atoms with van der Waals surface area (Å²) in [5.41, 5.74) is 3.11. The lowest BCUT2D eigenvalue weighted by molar-refractivity contribution is 0.232. The van der Waals surface area contributed by atoms with Gasteiger partial charge in [0.05, 0.1) is 0 Å². The number of pyridine rings is 1. The molecule has 1 aliphatic heterocycles. The van der Waals surface area contributed by atoms with E-state index in [0.29, 0.717) is 0 Å². The van der Waals surface area contributed by atoms with Crippen molar-refractivity contribution in [1.29, 1.82) is 0 Å². The van der Waals surface area contributed by atoms with Gasteiger partial charge >= 0.3 is 0 Å². The molecule has 2 aromatic rings. The Labute approximate surface area is 149 Å². The first-order valence-corrected chi connectivity index (χ1v) is 9.44. The molecule has 4 heteroatoms. The van der Waals surface area contributed by atoms with E-state index < -0.39 is 5.95 Å². The Morgan fingerprint density at radius 1 is 0.960 bits per heavy atom. The summed E-state index contributed by atoms with van der Waals surface area (Å²) in [4.78, 5) is 8.75. The van der Waals surface area contributed by atoms with Gasteiger partial charge in [0.1, 0.15) is 5.82 Å². The van der Waals surface area contributed by atoms with Gasteiger partial charge in [-0.1, -0.05) is 30.3 Å². The van der Waals surface area contributed by atoms with Gasteiger partial charge in [0.2, 0.25) is 5.95 Å². The molecule has 0 bridgehead atoms. The van der Waals surface area contributed by atoms with Crippen LogP contribution in [0, 0.1) is 11.9 Å². The van der Waals surface area contributed by atoms with Crippen molar-refractivity contribution in [3.8, 4) is 0 Å². The molecule has 1 aromatic heterocycles. The van der Waals surface area contributed by atoms with Gasteiger partial charge in [-0.2, -0.15) is 4.39 Å². The summed E-state index contributed by atoms with van der Waals surface area (Å²) in [5, 5.41) is 0. The molecule has 4 rings (SSSR count). The van der Waals surface area contributed by atoms with Crippen molar-refractivity contribution in [2.75, 3.05) is 37.6 Å². The van der Waals surface area contributed by atoms with Crippen LogP contribution < -0.4 is 4.90 Å². The number of piperazine rings is 1. The molecule has 1 aromatic carbocycles. The highest BCUT2D eigenvalue weighted by Gasteiger charge is 2.21. The van der Waals surface area contributed by atoms with E-state index in [0.717, 1.165) is 37.9 Å². The van der Waals surface area contributed by atoms with E-state index in [4.69, 9.17) is 0 Å². The van der Waals surface area contributed by atoms with E-state index in [1.807, 2.05) is 6.07 Å². The minimum absolute atomic E-state index is 0.391. The molecule has 0 spiro atoms. The second-order valence-corrected chi connectivity index (χ2v) is 7.31. The van der Waals surface area contributed by atoms with Crippen molar-refractivity contribution in [3.63, 3.8) is 0 Å². The quantitative estimate of drug-likeness (QED) is 0.794. The number of fused-ring (bicyclic) bond motifs is 1. The lowest BCUT2D eigenvalue weighted by atomic mass is 9.82. The van der Waals surface area contributed by atoms with E-state index in [1.165, 1.54) is 38.3 Å². The molecule has 1 unspecified atom stereocenters. The molecule has 1 atom stereocenters. The second-order valence-electron chi connectivity index (χ2n) is 7.31. The van der Waals surface area contributed by atoms with Crippen LogP contribution in [0.2, 0.25) is 0 Å². The third kappa shape index (κ3) is 4.01. The van der Waals surface area contributed by atoms with Crippen LogP contribution in [-0.2, 0) is 12.8 Å². The fraction of sp³-hybridized carbons (Fsp3) is 0.476. The van der Waals surface area contributed by atoms with Crippen molar-refractivity contribution in [2.45, 2.75) is 25.7 Å². The van der Waals surface area contributed by atoms with Crippen molar-refractivity contribution in [1.82, 2.24) is 9.88 Å². The minimum atomic E-state index is -0.391. The molecule has 0 amide bonds. The largest absolute Gasteiger partial charge is 0.354 e. The number of hydrogen-bond acceptors (Lipinski definition) is 3. The monoisotopic (exact) mass is 339 g/mol. The zero-order chi connectivity index (χ0) is 17.1. The molecular formula is C21H26FN3. The normalized spacial score (nSPS) is 21.2. The molecule has 2 heterocycles. The van der Waals surface area contributed by atoms with Crippen LogP contribution in [0.4, 0.5) is 10.2 Å². The predicted octanol–water partition coefficient (Wildman–Crippen LogP) is 3.54. The molecule has 1 fully saturated rings. The Morgan fingerprint density at radius 3 is 2.56 bits per heavy atom. The van der Waals surface area contributed by atoms with Crippen molar-refractivity contribution >= 4 is 5.82 Å². The Hall–Kier alpha value is -1.94. The third-order valence-corrected chi connectivity index (χ3v) is 5.70. The summed E-state index contributed by atoms with van der Waals surface area (Å²) in [7, 11) is 0. The fourth-order valence-corrected chi connectivity index (χ4v) is 4.16. The lowest BCUT2D eigenvalue weighted by Crippen LogP contribution is -2.47. The standard InChI is InChI=1S/C21H26FN3/c22-20-6-3-7-21(23-20)25-14-12-24(13-15-25)11-10-17-8-9-18-4-1-2-5-19(18)16-17/h1-7,17H,8-16H2. The number of halogens is 1. The Kier molecular flexibility index (Phi) is 4.97. The number of aryl methyl sites for hydroxylation is 1. The highest BCUT2D eigenvalue weighted by Crippen LogP contribution is 2.27. The molecule has 0 N–H and O–H groups in total. The first kappa shape index (κ1) is 16.5. The van der Waals surface area contributed by atoms with E-state index in [-0.39, 0.29) is 0 Å². The highest BCUT2D eigenvalue weighted by molar-refractivity contribution is 5.38. The van der Waals surface area contributed by atoms with E-state index >= 15 is 0 Å². The van der Waals surface area contributed by atoms with Gasteiger partial charge < -0.3 is 4.90 Å². The van der Waals surface area contributed by atoms with Crippen LogP contribution in [0.25, 0.3) is 0 Å². The highest BCUT2D eigenvalue weighted by atomic mass is 19.1. The number of anilines is 1. The SMILES string of the molecule is Fc1cccc(N2CCN(CCC3CCc4ccccc4C3)CC2)n1. The summed E-state index contributed by atoms with van der Waals surface area (Å²) in [5.74, 6) is 1.19. The zero-order valence-corrected chi connectivity index (χ0v) is 14.7. The minimum Gasteiger partial charge on any atom is -0.354 e. The number of benzene rings is 1. The number of nitrogens with zero attached hydrogens (tertiary/aromatic N) is 3. The topological polar surface area (TPSA) is 19.4 Å². The molecule has 0 radical (unpaired) electrons. The summed E-state index contributed by atoms with van der Waals surface area (Å²) >= 11 is 0. The molecule has 1 saturated heterocycles. The van der Waals surface area contributed by atoms with Crippen LogP contribution in [-0.4, -0.2) is 42.6 Å². The molecule has 132 valence electrons. The van der Waals surface area contributed by atoms with Crippen LogP contribution in [0.3, 0.4) is 0 Å². The van der Waals surface area contributed by atoms with Crippen LogP contribution in [0.15, 0.2) is 42.5 Å².